The molecule has 0 heterocycles. The Labute approximate surface area is 79.3 Å². The molecular formula is C8H6ClNO3. The van der Waals surface area contributed by atoms with Gasteiger partial charge in [0.25, 0.3) is 5.69 Å². The summed E-state index contributed by atoms with van der Waals surface area (Å²) >= 11 is 5.60. The standard InChI is InChI=1S/C8H6ClNO3/c9-7-3-1-2-6(4-5-11)8(7)10(12)13/h1-3,5H,4H2. The van der Waals surface area contributed by atoms with Gasteiger partial charge in [-0.2, -0.15) is 0 Å². The lowest BCUT2D eigenvalue weighted by atomic mass is 10.1. The normalized spacial score (nSPS) is 9.62. The van der Waals surface area contributed by atoms with E-state index in [0.29, 0.717) is 11.8 Å². The Morgan fingerprint density at radius 1 is 1.54 bits per heavy atom. The molecular weight excluding hydrogens is 194 g/mol. The fourth-order valence-electron chi connectivity index (χ4n) is 1.02. The van der Waals surface area contributed by atoms with Crippen LogP contribution < -0.4 is 0 Å². The van der Waals surface area contributed by atoms with E-state index >= 15 is 0 Å². The van der Waals surface area contributed by atoms with E-state index in [4.69, 9.17) is 11.6 Å². The van der Waals surface area contributed by atoms with Gasteiger partial charge in [0.1, 0.15) is 11.3 Å². The van der Waals surface area contributed by atoms with Crippen molar-refractivity contribution >= 4 is 23.6 Å². The first kappa shape index (κ1) is 9.67. The number of carbonyl (C=O) groups is 1. The van der Waals surface area contributed by atoms with Gasteiger partial charge in [0.2, 0.25) is 0 Å². The molecule has 1 rings (SSSR count). The number of hydrogen-bond acceptors (Lipinski definition) is 3. The zero-order valence-electron chi connectivity index (χ0n) is 6.57. The van der Waals surface area contributed by atoms with Crippen molar-refractivity contribution < 1.29 is 9.72 Å². The van der Waals surface area contributed by atoms with Crippen LogP contribution in [0, 0.1) is 10.1 Å². The highest BCUT2D eigenvalue weighted by atomic mass is 35.5. The third-order valence-electron chi connectivity index (χ3n) is 1.56. The van der Waals surface area contributed by atoms with Gasteiger partial charge in [0, 0.05) is 12.0 Å². The molecule has 4 nitrogen and oxygen atoms in total. The number of rotatable bonds is 3. The van der Waals surface area contributed by atoms with Gasteiger partial charge in [-0.3, -0.25) is 10.1 Å². The van der Waals surface area contributed by atoms with Crippen LogP contribution in [0.2, 0.25) is 5.02 Å². The second kappa shape index (κ2) is 4.00. The second-order valence-electron chi connectivity index (χ2n) is 2.38. The van der Waals surface area contributed by atoms with E-state index in [9.17, 15) is 14.9 Å². The Morgan fingerprint density at radius 2 is 2.23 bits per heavy atom. The highest BCUT2D eigenvalue weighted by molar-refractivity contribution is 6.32. The summed E-state index contributed by atoms with van der Waals surface area (Å²) in [5.41, 5.74) is 0.156. The van der Waals surface area contributed by atoms with Crippen LogP contribution in [0.25, 0.3) is 0 Å². The summed E-state index contributed by atoms with van der Waals surface area (Å²) in [4.78, 5) is 20.1. The minimum Gasteiger partial charge on any atom is -0.303 e. The van der Waals surface area contributed by atoms with Crippen molar-refractivity contribution in [3.8, 4) is 0 Å². The Kier molecular flexibility index (Phi) is 2.97. The summed E-state index contributed by atoms with van der Waals surface area (Å²) in [6.45, 7) is 0. The smallest absolute Gasteiger partial charge is 0.291 e. The third-order valence-corrected chi connectivity index (χ3v) is 1.86. The molecule has 0 aromatic heterocycles. The molecule has 0 fully saturated rings. The Balaban J connectivity index is 3.25. The fraction of sp³-hybridized carbons (Fsp3) is 0.125. The Bertz CT molecular complexity index is 351. The van der Waals surface area contributed by atoms with Crippen molar-refractivity contribution in [3.63, 3.8) is 0 Å². The minimum atomic E-state index is -0.582. The van der Waals surface area contributed by atoms with E-state index < -0.39 is 4.92 Å². The van der Waals surface area contributed by atoms with Gasteiger partial charge in [0.05, 0.1) is 4.92 Å². The number of halogens is 1. The van der Waals surface area contributed by atoms with Crippen molar-refractivity contribution in [2.24, 2.45) is 0 Å². The van der Waals surface area contributed by atoms with E-state index in [2.05, 4.69) is 0 Å². The third kappa shape index (κ3) is 2.03. The van der Waals surface area contributed by atoms with E-state index in [1.807, 2.05) is 0 Å². The zero-order valence-corrected chi connectivity index (χ0v) is 7.32. The molecule has 0 amide bonds. The summed E-state index contributed by atoms with van der Waals surface area (Å²) in [7, 11) is 0. The van der Waals surface area contributed by atoms with E-state index in [1.165, 1.54) is 12.1 Å². The van der Waals surface area contributed by atoms with Crippen LogP contribution in [-0.4, -0.2) is 11.2 Å². The number of carbonyl (C=O) groups excluding carboxylic acids is 1. The van der Waals surface area contributed by atoms with Crippen LogP contribution in [-0.2, 0) is 11.2 Å². The van der Waals surface area contributed by atoms with Crippen LogP contribution >= 0.6 is 11.6 Å². The van der Waals surface area contributed by atoms with Crippen LogP contribution in [0.5, 0.6) is 0 Å². The minimum absolute atomic E-state index is 0.0108. The number of para-hydroxylation sites is 1. The average molecular weight is 200 g/mol. The molecule has 0 unspecified atom stereocenters. The number of benzene rings is 1. The molecule has 1 aromatic carbocycles. The maximum absolute atomic E-state index is 10.5. The average Bonchev–Trinajstić information content (AvgIpc) is 2.04. The number of hydrogen-bond donors (Lipinski definition) is 0. The van der Waals surface area contributed by atoms with E-state index in [0.717, 1.165) is 0 Å². The number of nitro groups is 1. The molecule has 68 valence electrons. The number of nitrogens with zero attached hydrogens (tertiary/aromatic N) is 1. The van der Waals surface area contributed by atoms with Gasteiger partial charge in [-0.15, -0.1) is 0 Å². The maximum atomic E-state index is 10.5. The predicted octanol–water partition coefficient (Wildman–Crippen LogP) is 1.99. The van der Waals surface area contributed by atoms with Gasteiger partial charge in [0.15, 0.2) is 0 Å². The van der Waals surface area contributed by atoms with Crippen LogP contribution in [0.15, 0.2) is 18.2 Å². The molecule has 0 bridgehead atoms. The predicted molar refractivity (Wildman–Crippen MR) is 47.9 cm³/mol. The van der Waals surface area contributed by atoms with Gasteiger partial charge in [-0.25, -0.2) is 0 Å². The largest absolute Gasteiger partial charge is 0.303 e. The lowest BCUT2D eigenvalue weighted by Gasteiger charge is -1.99. The quantitative estimate of drug-likeness (QED) is 0.425. The highest BCUT2D eigenvalue weighted by Gasteiger charge is 2.17. The second-order valence-corrected chi connectivity index (χ2v) is 2.78. The lowest BCUT2D eigenvalue weighted by molar-refractivity contribution is -0.385. The molecule has 0 saturated carbocycles. The lowest BCUT2D eigenvalue weighted by Crippen LogP contribution is -1.96. The monoisotopic (exact) mass is 199 g/mol. The summed E-state index contributed by atoms with van der Waals surface area (Å²) in [5.74, 6) is 0. The topological polar surface area (TPSA) is 60.2 Å². The Morgan fingerprint density at radius 3 is 2.77 bits per heavy atom. The van der Waals surface area contributed by atoms with Crippen LogP contribution in [0.3, 0.4) is 0 Å². The van der Waals surface area contributed by atoms with Crippen LogP contribution in [0.1, 0.15) is 5.56 Å². The van der Waals surface area contributed by atoms with Crippen molar-refractivity contribution in [2.75, 3.05) is 0 Å². The fourth-order valence-corrected chi connectivity index (χ4v) is 1.28. The molecule has 5 heteroatoms. The molecule has 0 saturated heterocycles. The SMILES string of the molecule is O=CCc1cccc(Cl)c1[N+](=O)[O-]. The first-order chi connectivity index (χ1) is 6.16. The molecule has 0 radical (unpaired) electrons. The van der Waals surface area contributed by atoms with Gasteiger partial charge >= 0.3 is 0 Å². The number of aldehydes is 1. The first-order valence-electron chi connectivity index (χ1n) is 3.52. The molecule has 0 spiro atoms. The van der Waals surface area contributed by atoms with Crippen LogP contribution in [0.4, 0.5) is 5.69 Å². The molecule has 0 atom stereocenters. The molecule has 0 N–H and O–H groups in total. The maximum Gasteiger partial charge on any atom is 0.291 e. The summed E-state index contributed by atoms with van der Waals surface area (Å²) < 4.78 is 0. The van der Waals surface area contributed by atoms with Crippen molar-refractivity contribution in [1.82, 2.24) is 0 Å². The van der Waals surface area contributed by atoms with Crippen molar-refractivity contribution in [3.05, 3.63) is 38.9 Å². The summed E-state index contributed by atoms with van der Waals surface area (Å²) in [6, 6.07) is 4.51. The number of nitro benzene ring substituents is 1. The summed E-state index contributed by atoms with van der Waals surface area (Å²) in [6.07, 6.45) is 0.621. The summed E-state index contributed by atoms with van der Waals surface area (Å²) in [5, 5.41) is 10.6. The Hall–Kier alpha value is -1.42. The van der Waals surface area contributed by atoms with Gasteiger partial charge < -0.3 is 4.79 Å². The molecule has 13 heavy (non-hydrogen) atoms. The first-order valence-corrected chi connectivity index (χ1v) is 3.90. The highest BCUT2D eigenvalue weighted by Crippen LogP contribution is 2.27. The molecule has 0 aliphatic rings. The zero-order chi connectivity index (χ0) is 9.84. The van der Waals surface area contributed by atoms with E-state index in [1.54, 1.807) is 6.07 Å². The van der Waals surface area contributed by atoms with Gasteiger partial charge in [-0.05, 0) is 6.07 Å². The van der Waals surface area contributed by atoms with Gasteiger partial charge in [-0.1, -0.05) is 23.7 Å². The van der Waals surface area contributed by atoms with Crippen molar-refractivity contribution in [1.29, 1.82) is 0 Å². The molecule has 0 aliphatic carbocycles. The van der Waals surface area contributed by atoms with Crippen molar-refractivity contribution in [2.45, 2.75) is 6.42 Å². The van der Waals surface area contributed by atoms with E-state index in [-0.39, 0.29) is 17.1 Å². The molecule has 0 aliphatic heterocycles. The molecule has 1 aromatic rings.